The van der Waals surface area contributed by atoms with Crippen LogP contribution in [0, 0.1) is 0 Å². The minimum absolute atomic E-state index is 0.0955. The van der Waals surface area contributed by atoms with E-state index in [2.05, 4.69) is 53.3 Å². The highest BCUT2D eigenvalue weighted by Crippen LogP contribution is 2.30. The third kappa shape index (κ3) is 13.0. The van der Waals surface area contributed by atoms with Crippen LogP contribution in [0.5, 0.6) is 5.75 Å². The van der Waals surface area contributed by atoms with Gasteiger partial charge in [-0.15, -0.1) is 11.3 Å². The Balaban J connectivity index is 1.43. The summed E-state index contributed by atoms with van der Waals surface area (Å²) in [5, 5.41) is 15.3. The first-order valence-corrected chi connectivity index (χ1v) is 19.3. The molecule has 7 N–H and O–H groups in total. The van der Waals surface area contributed by atoms with Crippen molar-refractivity contribution >= 4 is 35.1 Å². The van der Waals surface area contributed by atoms with Crippen LogP contribution in [-0.2, 0) is 21.4 Å². The Morgan fingerprint density at radius 3 is 2.11 bits per heavy atom. The Morgan fingerprint density at radius 1 is 0.833 bits per heavy atom. The molecule has 0 bridgehead atoms. The van der Waals surface area contributed by atoms with Crippen molar-refractivity contribution in [3.63, 3.8) is 0 Å². The molecule has 0 fully saturated rings. The summed E-state index contributed by atoms with van der Waals surface area (Å²) in [6.07, 6.45) is 10.1. The molecule has 0 spiro atoms. The summed E-state index contributed by atoms with van der Waals surface area (Å²) in [4.78, 5) is 53.6. The number of nitrogens with one attached hydrogen (secondary N) is 2. The number of thiophene rings is 1. The predicted octanol–water partition coefficient (Wildman–Crippen LogP) is 6.48. The van der Waals surface area contributed by atoms with Gasteiger partial charge in [0.15, 0.2) is 11.8 Å². The fraction of sp³-hybridized carbons (Fsp3) is 0.415. The van der Waals surface area contributed by atoms with Gasteiger partial charge in [0, 0.05) is 41.4 Å². The molecular formula is C41H53N7O5S. The summed E-state index contributed by atoms with van der Waals surface area (Å²) < 4.78 is 5.89. The second-order valence-electron chi connectivity index (χ2n) is 14.3. The van der Waals surface area contributed by atoms with Gasteiger partial charge in [0.25, 0.3) is 5.91 Å². The van der Waals surface area contributed by atoms with Crippen LogP contribution in [0.3, 0.4) is 0 Å². The first-order valence-electron chi connectivity index (χ1n) is 18.5. The van der Waals surface area contributed by atoms with E-state index in [1.165, 1.54) is 37.0 Å². The molecule has 0 radical (unpaired) electrons. The van der Waals surface area contributed by atoms with E-state index in [0.29, 0.717) is 23.7 Å². The number of guanidine groups is 1. The van der Waals surface area contributed by atoms with Crippen molar-refractivity contribution in [2.45, 2.75) is 96.6 Å². The zero-order valence-corrected chi connectivity index (χ0v) is 32.5. The fourth-order valence-electron chi connectivity index (χ4n) is 5.63. The van der Waals surface area contributed by atoms with Crippen LogP contribution < -0.4 is 26.8 Å². The summed E-state index contributed by atoms with van der Waals surface area (Å²) >= 11 is 1.36. The number of aliphatic carboxylic acids is 1. The molecule has 0 aliphatic carbocycles. The van der Waals surface area contributed by atoms with Crippen molar-refractivity contribution in [1.29, 1.82) is 0 Å². The molecule has 2 aromatic heterocycles. The number of hydrogen-bond donors (Lipinski definition) is 5. The van der Waals surface area contributed by atoms with E-state index in [4.69, 9.17) is 16.2 Å². The Hall–Kier alpha value is -5.30. The first kappa shape index (κ1) is 41.5. The third-order valence-electron chi connectivity index (χ3n) is 8.76. The number of aliphatic imine (C=N–C) groups is 1. The number of nitrogens with zero attached hydrogens (tertiary/aromatic N) is 3. The second-order valence-corrected chi connectivity index (χ2v) is 15.4. The summed E-state index contributed by atoms with van der Waals surface area (Å²) in [6, 6.07) is 16.7. The van der Waals surface area contributed by atoms with Gasteiger partial charge in [-0.2, -0.15) is 0 Å². The number of carboxylic acid groups (broad SMARTS) is 1. The molecule has 4 aromatic rings. The molecule has 0 aliphatic heterocycles. The van der Waals surface area contributed by atoms with Crippen LogP contribution in [0.2, 0.25) is 0 Å². The SMILES string of the molecule is CCCCCCCOc1ccc(-c2cnc(-c3ccc(C[C@H](NC(=O)c4ccc(C(C)(C)C)s4)C(=O)N[C@@H](CCCN=C(N)N)C(=O)O)cc3)nc2)cc1. The number of aromatic nitrogens is 2. The predicted molar refractivity (Wildman–Crippen MR) is 215 cm³/mol. The average molecular weight is 756 g/mol. The molecule has 4 rings (SSSR count). The molecule has 2 aromatic carbocycles. The van der Waals surface area contributed by atoms with Crippen LogP contribution in [0.4, 0.5) is 0 Å². The number of rotatable bonds is 20. The number of hydrogen-bond acceptors (Lipinski definition) is 8. The molecule has 288 valence electrons. The van der Waals surface area contributed by atoms with Crippen molar-refractivity contribution in [1.82, 2.24) is 20.6 Å². The Labute approximate surface area is 321 Å². The van der Waals surface area contributed by atoms with Gasteiger partial charge in [0.05, 0.1) is 11.5 Å². The lowest BCUT2D eigenvalue weighted by molar-refractivity contribution is -0.142. The molecule has 13 heteroatoms. The van der Waals surface area contributed by atoms with Crippen molar-refractivity contribution in [2.24, 2.45) is 16.5 Å². The van der Waals surface area contributed by atoms with Gasteiger partial charge >= 0.3 is 5.97 Å². The van der Waals surface area contributed by atoms with Crippen LogP contribution >= 0.6 is 11.3 Å². The van der Waals surface area contributed by atoms with Crippen molar-refractivity contribution in [3.8, 4) is 28.3 Å². The standard InChI is InChI=1S/C41H53N7O5S/c1-5-6-7-8-9-23-53-31-18-16-28(17-19-31)30-25-45-36(46-26-30)29-14-12-27(13-15-29)24-33(48-38(50)34-20-21-35(54-34)41(2,3)4)37(49)47-32(39(51)52)11-10-22-44-40(42)43/h12-21,25-26,32-33H,5-11,22-24H2,1-4H3,(H,47,49)(H,48,50)(H,51,52)(H4,42,43,44)/t32-,33-/m0/s1. The Bertz CT molecular complexity index is 1830. The van der Waals surface area contributed by atoms with Gasteiger partial charge in [0.2, 0.25) is 5.91 Å². The summed E-state index contributed by atoms with van der Waals surface area (Å²) in [5.41, 5.74) is 14.0. The number of amides is 2. The number of unbranched alkanes of at least 4 members (excludes halogenated alkanes) is 4. The lowest BCUT2D eigenvalue weighted by atomic mass is 9.95. The molecule has 2 heterocycles. The second kappa shape index (κ2) is 20.2. The third-order valence-corrected chi connectivity index (χ3v) is 10.3. The normalized spacial score (nSPS) is 12.4. The molecule has 2 amide bonds. The number of ether oxygens (including phenoxy) is 1. The van der Waals surface area contributed by atoms with Gasteiger partial charge in [-0.1, -0.05) is 89.8 Å². The molecule has 0 saturated heterocycles. The van der Waals surface area contributed by atoms with Crippen molar-refractivity contribution in [2.75, 3.05) is 13.2 Å². The lowest BCUT2D eigenvalue weighted by Gasteiger charge is -2.21. The van der Waals surface area contributed by atoms with Gasteiger partial charge in [-0.25, -0.2) is 14.8 Å². The van der Waals surface area contributed by atoms with E-state index in [1.807, 2.05) is 54.6 Å². The van der Waals surface area contributed by atoms with E-state index >= 15 is 0 Å². The highest BCUT2D eigenvalue weighted by atomic mass is 32.1. The molecule has 12 nitrogen and oxygen atoms in total. The smallest absolute Gasteiger partial charge is 0.326 e. The topological polar surface area (TPSA) is 195 Å². The highest BCUT2D eigenvalue weighted by molar-refractivity contribution is 7.14. The molecule has 2 atom stereocenters. The molecular weight excluding hydrogens is 703 g/mol. The van der Waals surface area contributed by atoms with Crippen molar-refractivity contribution in [3.05, 3.63) is 88.4 Å². The quantitative estimate of drug-likeness (QED) is 0.0381. The van der Waals surface area contributed by atoms with Crippen molar-refractivity contribution < 1.29 is 24.2 Å². The highest BCUT2D eigenvalue weighted by Gasteiger charge is 2.28. The summed E-state index contributed by atoms with van der Waals surface area (Å²) in [6.45, 7) is 9.32. The molecule has 0 aliphatic rings. The fourth-order valence-corrected chi connectivity index (χ4v) is 6.59. The van der Waals surface area contributed by atoms with Crippen LogP contribution in [0.1, 0.15) is 92.8 Å². The Kier molecular flexibility index (Phi) is 15.5. The number of nitrogens with two attached hydrogens (primary N) is 2. The number of carbonyl (C=O) groups is 3. The number of carbonyl (C=O) groups excluding carboxylic acids is 2. The minimum Gasteiger partial charge on any atom is -0.494 e. The van der Waals surface area contributed by atoms with Crippen LogP contribution in [0.15, 0.2) is 78.0 Å². The van der Waals surface area contributed by atoms with Gasteiger partial charge < -0.3 is 31.9 Å². The van der Waals surface area contributed by atoms with E-state index < -0.39 is 29.9 Å². The first-order chi connectivity index (χ1) is 25.8. The maximum absolute atomic E-state index is 13.6. The molecule has 0 saturated carbocycles. The van der Waals surface area contributed by atoms with Crippen LogP contribution in [0.25, 0.3) is 22.5 Å². The summed E-state index contributed by atoms with van der Waals surface area (Å²) in [5.74, 6) is -0.949. The van der Waals surface area contributed by atoms with E-state index in [9.17, 15) is 19.5 Å². The summed E-state index contributed by atoms with van der Waals surface area (Å²) in [7, 11) is 0. The maximum Gasteiger partial charge on any atom is 0.326 e. The number of benzene rings is 2. The van der Waals surface area contributed by atoms with Crippen LogP contribution in [-0.4, -0.2) is 64.1 Å². The zero-order valence-electron chi connectivity index (χ0n) is 31.6. The largest absolute Gasteiger partial charge is 0.494 e. The monoisotopic (exact) mass is 755 g/mol. The maximum atomic E-state index is 13.6. The molecule has 54 heavy (non-hydrogen) atoms. The zero-order chi connectivity index (χ0) is 39.1. The average Bonchev–Trinajstić information content (AvgIpc) is 3.66. The number of carboxylic acids is 1. The minimum atomic E-state index is -1.20. The Morgan fingerprint density at radius 2 is 1.50 bits per heavy atom. The van der Waals surface area contributed by atoms with E-state index in [-0.39, 0.29) is 30.8 Å². The lowest BCUT2D eigenvalue weighted by Crippen LogP contribution is -2.52. The van der Waals surface area contributed by atoms with Gasteiger partial charge in [-0.05, 0) is 60.1 Å². The van der Waals surface area contributed by atoms with Gasteiger partial charge in [-0.3, -0.25) is 14.6 Å². The van der Waals surface area contributed by atoms with Gasteiger partial charge in [0.1, 0.15) is 17.8 Å². The van der Waals surface area contributed by atoms with E-state index in [1.54, 1.807) is 18.5 Å². The van der Waals surface area contributed by atoms with E-state index in [0.717, 1.165) is 39.3 Å². The molecule has 0 unspecified atom stereocenters.